The first-order chi connectivity index (χ1) is 7.26. The van der Waals surface area contributed by atoms with Crippen LogP contribution >= 0.6 is 12.6 Å². The van der Waals surface area contributed by atoms with Gasteiger partial charge in [0, 0.05) is 0 Å². The van der Waals surface area contributed by atoms with E-state index in [2.05, 4.69) is 19.6 Å². The van der Waals surface area contributed by atoms with Gasteiger partial charge in [0.15, 0.2) is 0 Å². The summed E-state index contributed by atoms with van der Waals surface area (Å²) in [7, 11) is 1.67. The third-order valence-electron chi connectivity index (χ3n) is 2.14. The molecule has 2 nitrogen and oxygen atoms in total. The van der Waals surface area contributed by atoms with Gasteiger partial charge in [-0.1, -0.05) is 19.1 Å². The number of methoxy groups -OCH3 is 1. The van der Waals surface area contributed by atoms with Crippen LogP contribution in [-0.2, 0) is 11.3 Å². The molecule has 0 bridgehead atoms. The van der Waals surface area contributed by atoms with Crippen molar-refractivity contribution in [3.05, 3.63) is 29.8 Å². The molecule has 1 aromatic carbocycles. The van der Waals surface area contributed by atoms with Crippen LogP contribution in [0.5, 0.6) is 5.75 Å². The molecule has 0 spiro atoms. The SMILES string of the molecule is COc1ccc(COCC(C)CS)cc1. The lowest BCUT2D eigenvalue weighted by molar-refractivity contribution is 0.0983. The molecule has 0 radical (unpaired) electrons. The van der Waals surface area contributed by atoms with Crippen molar-refractivity contribution in [1.82, 2.24) is 0 Å². The predicted octanol–water partition coefficient (Wildman–Crippen LogP) is 2.78. The third kappa shape index (κ3) is 4.58. The molecule has 0 saturated carbocycles. The van der Waals surface area contributed by atoms with Crippen LogP contribution < -0.4 is 4.74 Å². The van der Waals surface area contributed by atoms with E-state index in [1.165, 1.54) is 5.56 Å². The first-order valence-corrected chi connectivity index (χ1v) is 5.71. The van der Waals surface area contributed by atoms with Crippen LogP contribution in [0.2, 0.25) is 0 Å². The Morgan fingerprint density at radius 3 is 2.47 bits per heavy atom. The highest BCUT2D eigenvalue weighted by Gasteiger charge is 1.99. The molecule has 0 heterocycles. The Morgan fingerprint density at radius 2 is 1.93 bits per heavy atom. The summed E-state index contributed by atoms with van der Waals surface area (Å²) in [6.45, 7) is 3.54. The fourth-order valence-electron chi connectivity index (χ4n) is 1.15. The molecule has 0 saturated heterocycles. The van der Waals surface area contributed by atoms with Crippen LogP contribution in [-0.4, -0.2) is 19.5 Å². The molecule has 0 aromatic heterocycles. The van der Waals surface area contributed by atoms with Gasteiger partial charge < -0.3 is 9.47 Å². The minimum Gasteiger partial charge on any atom is -0.497 e. The second kappa shape index (κ2) is 6.75. The van der Waals surface area contributed by atoms with Crippen molar-refractivity contribution in [1.29, 1.82) is 0 Å². The van der Waals surface area contributed by atoms with Crippen molar-refractivity contribution in [2.75, 3.05) is 19.5 Å². The summed E-state index contributed by atoms with van der Waals surface area (Å²) in [5, 5.41) is 0. The Balaban J connectivity index is 2.31. The van der Waals surface area contributed by atoms with Gasteiger partial charge in [-0.2, -0.15) is 12.6 Å². The van der Waals surface area contributed by atoms with Crippen LogP contribution in [0.3, 0.4) is 0 Å². The average Bonchev–Trinajstić information content (AvgIpc) is 2.29. The number of benzene rings is 1. The molecule has 1 atom stereocenters. The summed E-state index contributed by atoms with van der Waals surface area (Å²) >= 11 is 4.21. The summed E-state index contributed by atoms with van der Waals surface area (Å²) in [5.41, 5.74) is 1.17. The van der Waals surface area contributed by atoms with Gasteiger partial charge in [0.1, 0.15) is 5.75 Å². The lowest BCUT2D eigenvalue weighted by Gasteiger charge is -2.09. The molecule has 1 unspecified atom stereocenters. The van der Waals surface area contributed by atoms with Crippen LogP contribution in [0.25, 0.3) is 0 Å². The smallest absolute Gasteiger partial charge is 0.118 e. The van der Waals surface area contributed by atoms with E-state index < -0.39 is 0 Å². The van der Waals surface area contributed by atoms with Gasteiger partial charge >= 0.3 is 0 Å². The molecule has 84 valence electrons. The highest BCUT2D eigenvalue weighted by Crippen LogP contribution is 2.12. The van der Waals surface area contributed by atoms with Crippen LogP contribution in [0.15, 0.2) is 24.3 Å². The summed E-state index contributed by atoms with van der Waals surface area (Å²) in [6.07, 6.45) is 0. The number of hydrogen-bond donors (Lipinski definition) is 1. The van der Waals surface area contributed by atoms with Crippen molar-refractivity contribution in [2.24, 2.45) is 5.92 Å². The molecular formula is C12H18O2S. The largest absolute Gasteiger partial charge is 0.497 e. The maximum atomic E-state index is 5.56. The standard InChI is InChI=1S/C12H18O2S/c1-10(9-15)7-14-8-11-3-5-12(13-2)6-4-11/h3-6,10,15H,7-9H2,1-2H3. The topological polar surface area (TPSA) is 18.5 Å². The quantitative estimate of drug-likeness (QED) is 0.752. The molecular weight excluding hydrogens is 208 g/mol. The van der Waals surface area contributed by atoms with Crippen LogP contribution in [0, 0.1) is 5.92 Å². The van der Waals surface area contributed by atoms with E-state index in [9.17, 15) is 0 Å². The second-order valence-corrected chi connectivity index (χ2v) is 4.02. The van der Waals surface area contributed by atoms with Gasteiger partial charge in [-0.3, -0.25) is 0 Å². The normalized spacial score (nSPS) is 12.5. The summed E-state index contributed by atoms with van der Waals surface area (Å²) < 4.78 is 10.6. The molecule has 0 fully saturated rings. The second-order valence-electron chi connectivity index (χ2n) is 3.65. The molecule has 3 heteroatoms. The van der Waals surface area contributed by atoms with Crippen molar-refractivity contribution in [2.45, 2.75) is 13.5 Å². The first kappa shape index (κ1) is 12.4. The van der Waals surface area contributed by atoms with Crippen molar-refractivity contribution < 1.29 is 9.47 Å². The third-order valence-corrected chi connectivity index (χ3v) is 2.77. The zero-order chi connectivity index (χ0) is 11.1. The van der Waals surface area contributed by atoms with Gasteiger partial charge in [0.25, 0.3) is 0 Å². The summed E-state index contributed by atoms with van der Waals surface area (Å²) in [4.78, 5) is 0. The Bertz CT molecular complexity index is 271. The van der Waals surface area contributed by atoms with Gasteiger partial charge in [-0.25, -0.2) is 0 Å². The maximum Gasteiger partial charge on any atom is 0.118 e. The maximum absolute atomic E-state index is 5.56. The molecule has 1 aromatic rings. The lowest BCUT2D eigenvalue weighted by atomic mass is 10.2. The molecule has 0 aliphatic carbocycles. The molecule has 1 rings (SSSR count). The highest BCUT2D eigenvalue weighted by atomic mass is 32.1. The molecule has 0 aliphatic rings. The Kier molecular flexibility index (Phi) is 5.58. The molecule has 15 heavy (non-hydrogen) atoms. The van der Waals surface area contributed by atoms with Crippen molar-refractivity contribution >= 4 is 12.6 Å². The monoisotopic (exact) mass is 226 g/mol. The van der Waals surface area contributed by atoms with E-state index in [-0.39, 0.29) is 0 Å². The molecule has 0 amide bonds. The van der Waals surface area contributed by atoms with Crippen LogP contribution in [0.1, 0.15) is 12.5 Å². The van der Waals surface area contributed by atoms with Gasteiger partial charge in [-0.15, -0.1) is 0 Å². The zero-order valence-electron chi connectivity index (χ0n) is 9.27. The summed E-state index contributed by atoms with van der Waals surface area (Å²) in [6, 6.07) is 7.93. The minimum absolute atomic E-state index is 0.506. The van der Waals surface area contributed by atoms with Crippen molar-refractivity contribution in [3.63, 3.8) is 0 Å². The van der Waals surface area contributed by atoms with Crippen LogP contribution in [0.4, 0.5) is 0 Å². The predicted molar refractivity (Wildman–Crippen MR) is 65.7 cm³/mol. The number of ether oxygens (including phenoxy) is 2. The summed E-state index contributed by atoms with van der Waals surface area (Å²) in [5.74, 6) is 2.25. The average molecular weight is 226 g/mol. The van der Waals surface area contributed by atoms with Crippen molar-refractivity contribution in [3.8, 4) is 5.75 Å². The minimum atomic E-state index is 0.506. The van der Waals surface area contributed by atoms with Gasteiger partial charge in [0.05, 0.1) is 20.3 Å². The number of hydrogen-bond acceptors (Lipinski definition) is 3. The van der Waals surface area contributed by atoms with E-state index in [4.69, 9.17) is 9.47 Å². The fraction of sp³-hybridized carbons (Fsp3) is 0.500. The first-order valence-electron chi connectivity index (χ1n) is 5.07. The highest BCUT2D eigenvalue weighted by molar-refractivity contribution is 7.80. The van der Waals surface area contributed by atoms with E-state index >= 15 is 0 Å². The van der Waals surface area contributed by atoms with Gasteiger partial charge in [-0.05, 0) is 29.4 Å². The Morgan fingerprint density at radius 1 is 1.27 bits per heavy atom. The molecule has 0 aliphatic heterocycles. The van der Waals surface area contributed by atoms with E-state index in [1.807, 2.05) is 24.3 Å². The van der Waals surface area contributed by atoms with Gasteiger partial charge in [0.2, 0.25) is 0 Å². The van der Waals surface area contributed by atoms with E-state index in [1.54, 1.807) is 7.11 Å². The number of thiol groups is 1. The Labute approximate surface area is 97.0 Å². The lowest BCUT2D eigenvalue weighted by Crippen LogP contribution is -2.07. The Hall–Kier alpha value is -0.670. The van der Waals surface area contributed by atoms with E-state index in [0.29, 0.717) is 12.5 Å². The molecule has 0 N–H and O–H groups in total. The zero-order valence-corrected chi connectivity index (χ0v) is 10.2. The fourth-order valence-corrected chi connectivity index (χ4v) is 1.26. The van der Waals surface area contributed by atoms with E-state index in [0.717, 1.165) is 18.1 Å². The number of rotatable bonds is 6.